The Bertz CT molecular complexity index is 1080. The van der Waals surface area contributed by atoms with Crippen LogP contribution in [-0.2, 0) is 14.3 Å². The van der Waals surface area contributed by atoms with E-state index in [-0.39, 0.29) is 5.82 Å². The highest BCUT2D eigenvalue weighted by atomic mass is 16.6. The van der Waals surface area contributed by atoms with Crippen LogP contribution in [0.15, 0.2) is 11.5 Å². The minimum Gasteiger partial charge on any atom is -0.396 e. The average Bonchev–Trinajstić information content (AvgIpc) is 3.06. The Kier molecular flexibility index (Phi) is 7.04. The van der Waals surface area contributed by atoms with Crippen LogP contribution in [0.4, 0.5) is 5.82 Å². The maximum Gasteiger partial charge on any atom is 0.169 e. The molecule has 0 bridgehead atoms. The van der Waals surface area contributed by atoms with Crippen molar-refractivity contribution in [1.82, 2.24) is 24.4 Å². The maximum atomic E-state index is 11.7. The van der Waals surface area contributed by atoms with E-state index in [1.54, 1.807) is 17.7 Å². The molecule has 0 radical (unpaired) electrons. The van der Waals surface area contributed by atoms with E-state index in [4.69, 9.17) is 20.0 Å². The number of fused-ring (bicyclic) bond motifs is 2. The first kappa shape index (κ1) is 25.7. The summed E-state index contributed by atoms with van der Waals surface area (Å²) in [5.41, 5.74) is 3.19. The van der Waals surface area contributed by atoms with E-state index in [2.05, 4.69) is 25.0 Å². The maximum absolute atomic E-state index is 11.7. The number of likely N-dealkylation sites (N-methyl/N-ethyl adjacent to an activating group) is 1. The number of unbranched alkanes of at least 4 members (excludes halogenated alkanes) is 1. The Morgan fingerprint density at radius 2 is 2.06 bits per heavy atom. The van der Waals surface area contributed by atoms with E-state index in [9.17, 15) is 10.2 Å². The zero-order chi connectivity index (χ0) is 25.4. The van der Waals surface area contributed by atoms with Crippen LogP contribution in [0, 0.1) is 12.3 Å². The van der Waals surface area contributed by atoms with Gasteiger partial charge in [-0.25, -0.2) is 15.0 Å². The van der Waals surface area contributed by atoms with Gasteiger partial charge in [-0.1, -0.05) is 19.0 Å². The summed E-state index contributed by atoms with van der Waals surface area (Å²) in [7, 11) is 1.97. The molecular weight excluding hydrogens is 454 g/mol. The zero-order valence-corrected chi connectivity index (χ0v) is 21.1. The number of anilines is 1. The SMILES string of the molecule is CCOCC=NOCCCCN(C)C[C@H]1O[C@@H](n2c(C)nc3c(N)ncnc32)[C@@]2(O)C(C)(C)[C@@]12O. The van der Waals surface area contributed by atoms with Gasteiger partial charge in [0.25, 0.3) is 0 Å². The van der Waals surface area contributed by atoms with Crippen LogP contribution in [-0.4, -0.2) is 98.1 Å². The number of hydrogen-bond donors (Lipinski definition) is 3. The Hall–Kier alpha value is -2.38. The third-order valence-corrected chi connectivity index (χ3v) is 7.51. The molecule has 4 N–H and O–H groups in total. The van der Waals surface area contributed by atoms with E-state index in [1.807, 2.05) is 27.8 Å². The monoisotopic (exact) mass is 491 g/mol. The Morgan fingerprint density at radius 1 is 1.29 bits per heavy atom. The van der Waals surface area contributed by atoms with Gasteiger partial charge < -0.3 is 35.2 Å². The molecule has 0 aromatic carbocycles. The standard InChI is InChI=1S/C23H37N7O5/c1-6-33-12-9-27-34-11-8-7-10-29(5)13-16-22(31)21(3,4)23(22,32)20(35-16)30-15(2)28-17-18(24)25-14-26-19(17)30/h9,14,16,20,31-32H,6-8,10-13H2,1-5H3,(H2,24,25,26)/t16-,20-,22+,23-/m1/s1. The van der Waals surface area contributed by atoms with Gasteiger partial charge >= 0.3 is 0 Å². The van der Waals surface area contributed by atoms with Crippen LogP contribution in [0.25, 0.3) is 11.2 Å². The second-order valence-electron chi connectivity index (χ2n) is 9.85. The van der Waals surface area contributed by atoms with Crippen molar-refractivity contribution in [3.63, 3.8) is 0 Å². The van der Waals surface area contributed by atoms with Crippen molar-refractivity contribution in [1.29, 1.82) is 0 Å². The number of nitrogens with zero attached hydrogens (tertiary/aromatic N) is 6. The molecule has 2 fully saturated rings. The van der Waals surface area contributed by atoms with Crippen molar-refractivity contribution in [3.8, 4) is 0 Å². The topological polar surface area (TPSA) is 153 Å². The first-order valence-corrected chi connectivity index (χ1v) is 12.1. The van der Waals surface area contributed by atoms with Crippen LogP contribution < -0.4 is 5.73 Å². The highest BCUT2D eigenvalue weighted by Gasteiger charge is 2.92. The van der Waals surface area contributed by atoms with Gasteiger partial charge in [-0.2, -0.15) is 0 Å². The lowest BCUT2D eigenvalue weighted by Gasteiger charge is -2.30. The number of oxime groups is 1. The summed E-state index contributed by atoms with van der Waals surface area (Å²) in [6, 6.07) is 0. The molecule has 1 saturated heterocycles. The number of aromatic nitrogens is 4. The van der Waals surface area contributed by atoms with Gasteiger partial charge in [0, 0.05) is 18.6 Å². The predicted octanol–water partition coefficient (Wildman–Crippen LogP) is 0.867. The summed E-state index contributed by atoms with van der Waals surface area (Å²) in [6.07, 6.45) is 3.23. The summed E-state index contributed by atoms with van der Waals surface area (Å²) in [5.74, 6) is 0.834. The molecule has 4 rings (SSSR count). The van der Waals surface area contributed by atoms with E-state index >= 15 is 0 Å². The fraction of sp³-hybridized carbons (Fsp3) is 0.739. The number of nitrogens with two attached hydrogens (primary N) is 1. The van der Waals surface area contributed by atoms with Crippen LogP contribution in [0.5, 0.6) is 0 Å². The van der Waals surface area contributed by atoms with Crippen LogP contribution >= 0.6 is 0 Å². The predicted molar refractivity (Wildman–Crippen MR) is 130 cm³/mol. The summed E-state index contributed by atoms with van der Waals surface area (Å²) >= 11 is 0. The minimum atomic E-state index is -1.50. The first-order valence-electron chi connectivity index (χ1n) is 12.1. The molecule has 194 valence electrons. The van der Waals surface area contributed by atoms with Crippen molar-refractivity contribution < 1.29 is 24.5 Å². The van der Waals surface area contributed by atoms with Gasteiger partial charge in [0.2, 0.25) is 0 Å². The molecule has 3 heterocycles. The molecule has 0 spiro atoms. The van der Waals surface area contributed by atoms with Crippen LogP contribution in [0.3, 0.4) is 0 Å². The fourth-order valence-corrected chi connectivity index (χ4v) is 5.36. The molecule has 1 aliphatic heterocycles. The van der Waals surface area contributed by atoms with Crippen molar-refractivity contribution in [3.05, 3.63) is 12.2 Å². The number of rotatable bonds is 12. The summed E-state index contributed by atoms with van der Waals surface area (Å²) in [5, 5.41) is 27.2. The third-order valence-electron chi connectivity index (χ3n) is 7.51. The molecule has 35 heavy (non-hydrogen) atoms. The number of ether oxygens (including phenoxy) is 2. The molecule has 0 amide bonds. The normalized spacial score (nSPS) is 29.4. The van der Waals surface area contributed by atoms with Gasteiger partial charge in [-0.15, -0.1) is 0 Å². The van der Waals surface area contributed by atoms with Crippen molar-refractivity contribution in [2.45, 2.75) is 64.1 Å². The molecule has 12 nitrogen and oxygen atoms in total. The van der Waals surface area contributed by atoms with Crippen molar-refractivity contribution in [2.24, 2.45) is 10.6 Å². The molecule has 1 aliphatic carbocycles. The zero-order valence-electron chi connectivity index (χ0n) is 21.1. The summed E-state index contributed by atoms with van der Waals surface area (Å²) < 4.78 is 13.2. The van der Waals surface area contributed by atoms with Gasteiger partial charge in [-0.05, 0) is 40.3 Å². The molecular formula is C23H37N7O5. The average molecular weight is 492 g/mol. The van der Waals surface area contributed by atoms with Gasteiger partial charge in [-0.3, -0.25) is 4.57 Å². The molecule has 2 aromatic heterocycles. The van der Waals surface area contributed by atoms with Gasteiger partial charge in [0.15, 0.2) is 23.2 Å². The number of imidazole rings is 1. The molecule has 12 heteroatoms. The number of nitrogen functional groups attached to an aromatic ring is 1. The quantitative estimate of drug-likeness (QED) is 0.221. The molecule has 1 saturated carbocycles. The lowest BCUT2D eigenvalue weighted by molar-refractivity contribution is -0.117. The minimum absolute atomic E-state index is 0.257. The van der Waals surface area contributed by atoms with Gasteiger partial charge in [0.1, 0.15) is 36.1 Å². The first-order chi connectivity index (χ1) is 16.6. The Balaban J connectivity index is 1.40. The van der Waals surface area contributed by atoms with E-state index in [0.717, 1.165) is 19.4 Å². The van der Waals surface area contributed by atoms with E-state index in [1.165, 1.54) is 6.33 Å². The highest BCUT2D eigenvalue weighted by Crippen LogP contribution is 2.75. The molecule has 0 unspecified atom stereocenters. The smallest absolute Gasteiger partial charge is 0.169 e. The number of aliphatic hydroxyl groups is 2. The van der Waals surface area contributed by atoms with E-state index in [0.29, 0.717) is 43.4 Å². The lowest BCUT2D eigenvalue weighted by Crippen LogP contribution is -2.42. The fourth-order valence-electron chi connectivity index (χ4n) is 5.36. The molecule has 2 aromatic rings. The van der Waals surface area contributed by atoms with Crippen molar-refractivity contribution >= 4 is 23.2 Å². The van der Waals surface area contributed by atoms with Crippen molar-refractivity contribution in [2.75, 3.05) is 45.7 Å². The second-order valence-corrected chi connectivity index (χ2v) is 9.85. The number of aryl methyl sites for hydroxylation is 1. The van der Waals surface area contributed by atoms with Gasteiger partial charge in [0.05, 0.1) is 12.8 Å². The summed E-state index contributed by atoms with van der Waals surface area (Å²) in [4.78, 5) is 20.1. The lowest BCUT2D eigenvalue weighted by atomic mass is 10.0. The summed E-state index contributed by atoms with van der Waals surface area (Å²) in [6.45, 7) is 10.3. The number of hydrogen-bond acceptors (Lipinski definition) is 11. The second kappa shape index (κ2) is 9.58. The third kappa shape index (κ3) is 3.97. The van der Waals surface area contributed by atoms with Crippen LogP contribution in [0.2, 0.25) is 0 Å². The Labute approximate surface area is 205 Å². The molecule has 2 aliphatic rings. The highest BCUT2D eigenvalue weighted by molar-refractivity contribution is 5.82. The Morgan fingerprint density at radius 3 is 2.80 bits per heavy atom. The largest absolute Gasteiger partial charge is 0.396 e. The van der Waals surface area contributed by atoms with Crippen LogP contribution in [0.1, 0.15) is 45.7 Å². The molecule has 4 atom stereocenters. The van der Waals surface area contributed by atoms with E-state index < -0.39 is 28.9 Å².